The molecule has 1 amide bonds. The van der Waals surface area contributed by atoms with Crippen molar-refractivity contribution in [3.05, 3.63) is 26.3 Å². The smallest absolute Gasteiger partial charge is 0.269 e. The Balaban J connectivity index is 2.98. The standard InChI is InChI=1S/C11H15BrClN3O2/c1-4-6(2)15-10(17)7(3)16-5-14-9(13)8(12)11(16)18/h5-7H,4H2,1-3H3,(H,15,17). The molecule has 0 fully saturated rings. The van der Waals surface area contributed by atoms with Crippen molar-refractivity contribution in [1.29, 1.82) is 0 Å². The fourth-order valence-electron chi connectivity index (χ4n) is 1.29. The highest BCUT2D eigenvalue weighted by atomic mass is 79.9. The van der Waals surface area contributed by atoms with Crippen molar-refractivity contribution >= 4 is 33.4 Å². The summed E-state index contributed by atoms with van der Waals surface area (Å²) in [5, 5.41) is 2.90. The van der Waals surface area contributed by atoms with Gasteiger partial charge >= 0.3 is 0 Å². The van der Waals surface area contributed by atoms with Gasteiger partial charge in [-0.2, -0.15) is 0 Å². The lowest BCUT2D eigenvalue weighted by Crippen LogP contribution is -2.40. The molecule has 0 bridgehead atoms. The van der Waals surface area contributed by atoms with Crippen LogP contribution in [0.15, 0.2) is 15.6 Å². The van der Waals surface area contributed by atoms with Crippen LogP contribution in [0, 0.1) is 0 Å². The van der Waals surface area contributed by atoms with E-state index in [1.165, 1.54) is 10.9 Å². The number of carbonyl (C=O) groups is 1. The number of carbonyl (C=O) groups excluding carboxylic acids is 1. The molecule has 0 aliphatic rings. The Morgan fingerprint density at radius 2 is 2.22 bits per heavy atom. The molecule has 5 nitrogen and oxygen atoms in total. The van der Waals surface area contributed by atoms with Crippen LogP contribution in [0.1, 0.15) is 33.2 Å². The van der Waals surface area contributed by atoms with Gasteiger partial charge in [0, 0.05) is 6.04 Å². The molecule has 0 aliphatic heterocycles. The summed E-state index contributed by atoms with van der Waals surface area (Å²) in [5.41, 5.74) is -0.373. The van der Waals surface area contributed by atoms with Gasteiger partial charge < -0.3 is 5.32 Å². The van der Waals surface area contributed by atoms with E-state index in [9.17, 15) is 9.59 Å². The predicted molar refractivity (Wildman–Crippen MR) is 73.8 cm³/mol. The molecule has 1 rings (SSSR count). The average molecular weight is 337 g/mol. The Kier molecular flexibility index (Phi) is 5.34. The van der Waals surface area contributed by atoms with E-state index in [-0.39, 0.29) is 27.1 Å². The molecule has 18 heavy (non-hydrogen) atoms. The topological polar surface area (TPSA) is 64.0 Å². The average Bonchev–Trinajstić information content (AvgIpc) is 2.35. The summed E-state index contributed by atoms with van der Waals surface area (Å²) in [7, 11) is 0. The second-order valence-corrected chi connectivity index (χ2v) is 5.21. The van der Waals surface area contributed by atoms with Crippen LogP contribution in [0.4, 0.5) is 0 Å². The normalized spacial score (nSPS) is 14.1. The van der Waals surface area contributed by atoms with Gasteiger partial charge in [-0.25, -0.2) is 4.98 Å². The highest BCUT2D eigenvalue weighted by molar-refractivity contribution is 9.10. The van der Waals surface area contributed by atoms with Crippen molar-refractivity contribution in [3.8, 4) is 0 Å². The lowest BCUT2D eigenvalue weighted by molar-refractivity contribution is -0.124. The first kappa shape index (κ1) is 15.2. The molecular weight excluding hydrogens is 321 g/mol. The Hall–Kier alpha value is -0.880. The van der Waals surface area contributed by atoms with E-state index in [4.69, 9.17) is 11.6 Å². The number of aromatic nitrogens is 2. The van der Waals surface area contributed by atoms with Gasteiger partial charge in [0.1, 0.15) is 10.5 Å². The van der Waals surface area contributed by atoms with Gasteiger partial charge in [0.05, 0.1) is 6.33 Å². The highest BCUT2D eigenvalue weighted by Gasteiger charge is 2.19. The summed E-state index contributed by atoms with van der Waals surface area (Å²) in [6.07, 6.45) is 2.10. The first-order valence-electron chi connectivity index (χ1n) is 5.61. The molecule has 1 heterocycles. The Morgan fingerprint density at radius 3 is 2.78 bits per heavy atom. The Labute approximate surface area is 119 Å². The molecule has 2 atom stereocenters. The molecule has 0 saturated carbocycles. The minimum atomic E-state index is -0.632. The van der Waals surface area contributed by atoms with Crippen LogP contribution in [0.25, 0.3) is 0 Å². The van der Waals surface area contributed by atoms with E-state index in [0.717, 1.165) is 6.42 Å². The summed E-state index contributed by atoms with van der Waals surface area (Å²) >= 11 is 8.76. The summed E-state index contributed by atoms with van der Waals surface area (Å²) in [6, 6.07) is -0.563. The largest absolute Gasteiger partial charge is 0.352 e. The summed E-state index contributed by atoms with van der Waals surface area (Å²) in [5.74, 6) is -0.220. The first-order chi connectivity index (χ1) is 8.38. The fourth-order valence-corrected chi connectivity index (χ4v) is 1.72. The minimum Gasteiger partial charge on any atom is -0.352 e. The molecular formula is C11H15BrClN3O2. The number of hydrogen-bond acceptors (Lipinski definition) is 3. The number of halogens is 2. The molecule has 0 spiro atoms. The van der Waals surface area contributed by atoms with E-state index in [1.807, 2.05) is 13.8 Å². The van der Waals surface area contributed by atoms with E-state index < -0.39 is 6.04 Å². The number of amides is 1. The summed E-state index contributed by atoms with van der Waals surface area (Å²) in [6.45, 7) is 5.52. The predicted octanol–water partition coefficient (Wildman–Crippen LogP) is 2.13. The molecule has 1 N–H and O–H groups in total. The zero-order chi connectivity index (χ0) is 13.9. The second kappa shape index (κ2) is 6.33. The molecule has 0 aliphatic carbocycles. The van der Waals surface area contributed by atoms with Crippen LogP contribution >= 0.6 is 27.5 Å². The van der Waals surface area contributed by atoms with Crippen molar-refractivity contribution in [2.24, 2.45) is 0 Å². The number of rotatable bonds is 4. The molecule has 0 saturated heterocycles. The van der Waals surface area contributed by atoms with Gasteiger partial charge in [0.25, 0.3) is 5.56 Å². The SMILES string of the molecule is CCC(C)NC(=O)C(C)n1cnc(Cl)c(Br)c1=O. The first-order valence-corrected chi connectivity index (χ1v) is 6.78. The molecule has 2 unspecified atom stereocenters. The summed E-state index contributed by atoms with van der Waals surface area (Å²) < 4.78 is 1.41. The van der Waals surface area contributed by atoms with Gasteiger partial charge in [-0.15, -0.1) is 0 Å². The maximum absolute atomic E-state index is 11.9. The van der Waals surface area contributed by atoms with Gasteiger partial charge in [-0.1, -0.05) is 18.5 Å². The van der Waals surface area contributed by atoms with Crippen LogP contribution in [-0.4, -0.2) is 21.5 Å². The van der Waals surface area contributed by atoms with Crippen LogP contribution in [-0.2, 0) is 4.79 Å². The minimum absolute atomic E-state index is 0.0688. The number of hydrogen-bond donors (Lipinski definition) is 1. The maximum atomic E-state index is 11.9. The third kappa shape index (κ3) is 3.32. The van der Waals surface area contributed by atoms with E-state index in [1.54, 1.807) is 6.92 Å². The molecule has 100 valence electrons. The van der Waals surface area contributed by atoms with Gasteiger partial charge in [0.2, 0.25) is 5.91 Å². The van der Waals surface area contributed by atoms with E-state index in [2.05, 4.69) is 26.2 Å². The van der Waals surface area contributed by atoms with E-state index in [0.29, 0.717) is 0 Å². The second-order valence-electron chi connectivity index (χ2n) is 4.06. The van der Waals surface area contributed by atoms with Crippen molar-refractivity contribution < 1.29 is 4.79 Å². The van der Waals surface area contributed by atoms with Crippen LogP contribution in [0.5, 0.6) is 0 Å². The van der Waals surface area contributed by atoms with Crippen LogP contribution in [0.2, 0.25) is 5.15 Å². The van der Waals surface area contributed by atoms with Crippen molar-refractivity contribution in [2.45, 2.75) is 39.3 Å². The van der Waals surface area contributed by atoms with E-state index >= 15 is 0 Å². The third-order valence-electron chi connectivity index (χ3n) is 2.70. The lowest BCUT2D eigenvalue weighted by Gasteiger charge is -2.18. The number of nitrogens with zero attached hydrogens (tertiary/aromatic N) is 2. The van der Waals surface area contributed by atoms with Gasteiger partial charge in [-0.3, -0.25) is 14.2 Å². The van der Waals surface area contributed by atoms with Crippen molar-refractivity contribution in [1.82, 2.24) is 14.9 Å². The molecule has 0 aromatic carbocycles. The Morgan fingerprint density at radius 1 is 1.61 bits per heavy atom. The molecule has 0 radical (unpaired) electrons. The molecule has 7 heteroatoms. The lowest BCUT2D eigenvalue weighted by atomic mass is 10.2. The van der Waals surface area contributed by atoms with Crippen LogP contribution in [0.3, 0.4) is 0 Å². The highest BCUT2D eigenvalue weighted by Crippen LogP contribution is 2.15. The van der Waals surface area contributed by atoms with Crippen molar-refractivity contribution in [2.75, 3.05) is 0 Å². The fraction of sp³-hybridized carbons (Fsp3) is 0.545. The van der Waals surface area contributed by atoms with Crippen molar-refractivity contribution in [3.63, 3.8) is 0 Å². The monoisotopic (exact) mass is 335 g/mol. The van der Waals surface area contributed by atoms with Gasteiger partial charge in [0.15, 0.2) is 5.15 Å². The zero-order valence-corrected chi connectivity index (χ0v) is 12.7. The maximum Gasteiger partial charge on any atom is 0.269 e. The van der Waals surface area contributed by atoms with Crippen LogP contribution < -0.4 is 10.9 Å². The molecule has 1 aromatic heterocycles. The quantitative estimate of drug-likeness (QED) is 0.857. The van der Waals surface area contributed by atoms with Gasteiger partial charge in [-0.05, 0) is 36.2 Å². The number of nitrogens with one attached hydrogen (secondary N) is 1. The third-order valence-corrected chi connectivity index (χ3v) is 3.93. The zero-order valence-electron chi connectivity index (χ0n) is 10.4. The molecule has 1 aromatic rings. The Bertz CT molecular complexity index is 504. The summed E-state index contributed by atoms with van der Waals surface area (Å²) in [4.78, 5) is 27.7.